The average Bonchev–Trinajstić information content (AvgIpc) is 2.38. The standard InChI is InChI=1S/C16H19NO/c1-2-12-5-3-8-15(9-12)18-16-10-13-6-4-7-14(11-16)17-13/h1,3,5,8-9,13-14,16-17H,4,6-7,10-11H2/t13-,14+,16?. The molecule has 1 aromatic rings. The zero-order valence-corrected chi connectivity index (χ0v) is 10.6. The van der Waals surface area contributed by atoms with Crippen LogP contribution in [-0.4, -0.2) is 18.2 Å². The van der Waals surface area contributed by atoms with Gasteiger partial charge in [-0.05, 0) is 43.9 Å². The number of fused-ring (bicyclic) bond motifs is 2. The summed E-state index contributed by atoms with van der Waals surface area (Å²) in [7, 11) is 0. The molecule has 2 fully saturated rings. The Kier molecular flexibility index (Phi) is 3.25. The second-order valence-electron chi connectivity index (χ2n) is 5.37. The highest BCUT2D eigenvalue weighted by Crippen LogP contribution is 2.28. The number of terminal acetylenes is 1. The van der Waals surface area contributed by atoms with E-state index in [1.807, 2.05) is 24.3 Å². The summed E-state index contributed by atoms with van der Waals surface area (Å²) >= 11 is 0. The Bertz CT molecular complexity index is 450. The smallest absolute Gasteiger partial charge is 0.120 e. The van der Waals surface area contributed by atoms with Crippen LogP contribution in [0.15, 0.2) is 24.3 Å². The van der Waals surface area contributed by atoms with Gasteiger partial charge in [0.15, 0.2) is 0 Å². The molecule has 2 heteroatoms. The van der Waals surface area contributed by atoms with Gasteiger partial charge in [-0.1, -0.05) is 18.4 Å². The normalized spacial score (nSPS) is 30.5. The fourth-order valence-electron chi connectivity index (χ4n) is 3.16. The third-order valence-electron chi connectivity index (χ3n) is 3.97. The first-order valence-corrected chi connectivity index (χ1v) is 6.83. The van der Waals surface area contributed by atoms with Crippen LogP contribution in [0.1, 0.15) is 37.7 Å². The van der Waals surface area contributed by atoms with Crippen molar-refractivity contribution in [1.82, 2.24) is 5.32 Å². The first-order valence-electron chi connectivity index (χ1n) is 6.83. The average molecular weight is 241 g/mol. The highest BCUT2D eigenvalue weighted by Gasteiger charge is 2.32. The van der Waals surface area contributed by atoms with E-state index in [1.165, 1.54) is 19.3 Å². The zero-order chi connectivity index (χ0) is 12.4. The van der Waals surface area contributed by atoms with Crippen LogP contribution in [-0.2, 0) is 0 Å². The van der Waals surface area contributed by atoms with Crippen LogP contribution in [0.4, 0.5) is 0 Å². The minimum atomic E-state index is 0.342. The van der Waals surface area contributed by atoms with E-state index in [0.29, 0.717) is 18.2 Å². The lowest BCUT2D eigenvalue weighted by atomic mass is 9.85. The van der Waals surface area contributed by atoms with Crippen molar-refractivity contribution < 1.29 is 4.74 Å². The summed E-state index contributed by atoms with van der Waals surface area (Å²) in [5, 5.41) is 3.68. The monoisotopic (exact) mass is 241 g/mol. The van der Waals surface area contributed by atoms with E-state index in [2.05, 4.69) is 11.2 Å². The SMILES string of the molecule is C#Cc1cccc(OC2C[C@H]3CCC[C@@H](C2)N3)c1. The first kappa shape index (κ1) is 11.6. The molecule has 1 aromatic carbocycles. The van der Waals surface area contributed by atoms with Gasteiger partial charge in [-0.3, -0.25) is 0 Å². The highest BCUT2D eigenvalue weighted by atomic mass is 16.5. The molecule has 18 heavy (non-hydrogen) atoms. The topological polar surface area (TPSA) is 21.3 Å². The van der Waals surface area contributed by atoms with Gasteiger partial charge in [0.05, 0.1) is 0 Å². The van der Waals surface area contributed by atoms with Crippen LogP contribution >= 0.6 is 0 Å². The molecule has 0 saturated carbocycles. The van der Waals surface area contributed by atoms with Gasteiger partial charge in [0.25, 0.3) is 0 Å². The summed E-state index contributed by atoms with van der Waals surface area (Å²) in [6.45, 7) is 0. The zero-order valence-electron chi connectivity index (χ0n) is 10.6. The molecule has 1 unspecified atom stereocenters. The molecule has 0 amide bonds. The fraction of sp³-hybridized carbons (Fsp3) is 0.500. The fourth-order valence-corrected chi connectivity index (χ4v) is 3.16. The van der Waals surface area contributed by atoms with Gasteiger partial charge in [-0.2, -0.15) is 0 Å². The second kappa shape index (κ2) is 5.04. The third-order valence-corrected chi connectivity index (χ3v) is 3.97. The summed E-state index contributed by atoms with van der Waals surface area (Å²) < 4.78 is 6.10. The number of benzene rings is 1. The van der Waals surface area contributed by atoms with E-state index >= 15 is 0 Å². The van der Waals surface area contributed by atoms with Crippen molar-refractivity contribution >= 4 is 0 Å². The van der Waals surface area contributed by atoms with E-state index in [0.717, 1.165) is 24.2 Å². The first-order chi connectivity index (χ1) is 8.83. The summed E-state index contributed by atoms with van der Waals surface area (Å²) in [5.74, 6) is 3.56. The van der Waals surface area contributed by atoms with Gasteiger partial charge >= 0.3 is 0 Å². The van der Waals surface area contributed by atoms with Gasteiger partial charge in [0.1, 0.15) is 11.9 Å². The molecule has 0 aliphatic carbocycles. The van der Waals surface area contributed by atoms with Gasteiger partial charge in [0.2, 0.25) is 0 Å². The van der Waals surface area contributed by atoms with Crippen molar-refractivity contribution in [2.24, 2.45) is 0 Å². The number of ether oxygens (including phenoxy) is 1. The van der Waals surface area contributed by atoms with E-state index in [4.69, 9.17) is 11.2 Å². The molecule has 2 aliphatic heterocycles. The summed E-state index contributed by atoms with van der Waals surface area (Å²) in [5.41, 5.74) is 0.890. The third kappa shape index (κ3) is 2.52. The lowest BCUT2D eigenvalue weighted by Gasteiger charge is -2.40. The number of hydrogen-bond acceptors (Lipinski definition) is 2. The Morgan fingerprint density at radius 1 is 1.22 bits per heavy atom. The van der Waals surface area contributed by atoms with Crippen molar-refractivity contribution in [2.75, 3.05) is 0 Å². The van der Waals surface area contributed by atoms with E-state index in [9.17, 15) is 0 Å². The van der Waals surface area contributed by atoms with Crippen LogP contribution in [0.25, 0.3) is 0 Å². The second-order valence-corrected chi connectivity index (χ2v) is 5.37. The Hall–Kier alpha value is -1.46. The van der Waals surface area contributed by atoms with Crippen LogP contribution in [0, 0.1) is 12.3 Å². The molecular formula is C16H19NO. The lowest BCUT2D eigenvalue weighted by Crippen LogP contribution is -2.51. The van der Waals surface area contributed by atoms with E-state index < -0.39 is 0 Å². The van der Waals surface area contributed by atoms with Crippen LogP contribution in [0.3, 0.4) is 0 Å². The molecule has 94 valence electrons. The van der Waals surface area contributed by atoms with E-state index in [-0.39, 0.29) is 0 Å². The Balaban J connectivity index is 1.67. The quantitative estimate of drug-likeness (QED) is 0.804. The minimum absolute atomic E-state index is 0.342. The van der Waals surface area contributed by atoms with Crippen molar-refractivity contribution in [1.29, 1.82) is 0 Å². The van der Waals surface area contributed by atoms with Crippen LogP contribution in [0.5, 0.6) is 5.75 Å². The number of nitrogens with one attached hydrogen (secondary N) is 1. The molecule has 2 aliphatic rings. The van der Waals surface area contributed by atoms with Crippen LogP contribution in [0.2, 0.25) is 0 Å². The molecule has 3 atom stereocenters. The Morgan fingerprint density at radius 2 is 2.00 bits per heavy atom. The lowest BCUT2D eigenvalue weighted by molar-refractivity contribution is 0.0927. The van der Waals surface area contributed by atoms with Gasteiger partial charge in [-0.15, -0.1) is 6.42 Å². The molecular weight excluding hydrogens is 222 g/mol. The van der Waals surface area contributed by atoms with Crippen molar-refractivity contribution in [3.63, 3.8) is 0 Å². The minimum Gasteiger partial charge on any atom is -0.490 e. The summed E-state index contributed by atoms with van der Waals surface area (Å²) in [6.07, 6.45) is 11.9. The predicted molar refractivity (Wildman–Crippen MR) is 72.6 cm³/mol. The molecule has 2 bridgehead atoms. The Labute approximate surface area is 109 Å². The van der Waals surface area contributed by atoms with Gasteiger partial charge in [0, 0.05) is 17.6 Å². The number of rotatable bonds is 2. The molecule has 2 heterocycles. The molecule has 2 saturated heterocycles. The number of hydrogen-bond donors (Lipinski definition) is 1. The largest absolute Gasteiger partial charge is 0.490 e. The van der Waals surface area contributed by atoms with Crippen molar-refractivity contribution in [3.8, 4) is 18.1 Å². The predicted octanol–water partition coefficient (Wildman–Crippen LogP) is 2.72. The van der Waals surface area contributed by atoms with Crippen molar-refractivity contribution in [3.05, 3.63) is 29.8 Å². The maximum Gasteiger partial charge on any atom is 0.120 e. The molecule has 0 spiro atoms. The Morgan fingerprint density at radius 3 is 2.72 bits per heavy atom. The molecule has 2 nitrogen and oxygen atoms in total. The van der Waals surface area contributed by atoms with Crippen LogP contribution < -0.4 is 10.1 Å². The van der Waals surface area contributed by atoms with Gasteiger partial charge in [-0.25, -0.2) is 0 Å². The summed E-state index contributed by atoms with van der Waals surface area (Å²) in [6, 6.07) is 9.16. The van der Waals surface area contributed by atoms with Crippen molar-refractivity contribution in [2.45, 2.75) is 50.3 Å². The molecule has 0 aromatic heterocycles. The highest BCUT2D eigenvalue weighted by molar-refractivity contribution is 5.38. The molecule has 0 radical (unpaired) electrons. The summed E-state index contributed by atoms with van der Waals surface area (Å²) in [4.78, 5) is 0. The maximum absolute atomic E-state index is 6.10. The number of piperidine rings is 2. The molecule has 1 N–H and O–H groups in total. The van der Waals surface area contributed by atoms with Gasteiger partial charge < -0.3 is 10.1 Å². The maximum atomic E-state index is 6.10. The molecule has 3 rings (SSSR count). The van der Waals surface area contributed by atoms with E-state index in [1.54, 1.807) is 0 Å².